The molecule has 2 aromatic rings. The number of ether oxygens (including phenoxy) is 2. The summed E-state index contributed by atoms with van der Waals surface area (Å²) in [6, 6.07) is 15.5. The van der Waals surface area contributed by atoms with Gasteiger partial charge in [0.05, 0.1) is 0 Å². The first-order chi connectivity index (χ1) is 10.7. The van der Waals surface area contributed by atoms with Crippen LogP contribution in [0.4, 0.5) is 0 Å². The molecule has 0 atom stereocenters. The number of benzene rings is 2. The van der Waals surface area contributed by atoms with Crippen molar-refractivity contribution in [1.82, 2.24) is 4.90 Å². The summed E-state index contributed by atoms with van der Waals surface area (Å²) >= 11 is 0. The number of hydrogen-bond acceptors (Lipinski definition) is 3. The molecule has 0 fully saturated rings. The molecule has 3 rings (SSSR count). The Balaban J connectivity index is 1.63. The van der Waals surface area contributed by atoms with Gasteiger partial charge in [-0.1, -0.05) is 36.4 Å². The summed E-state index contributed by atoms with van der Waals surface area (Å²) in [5.74, 6) is 1.45. The van der Waals surface area contributed by atoms with Crippen LogP contribution in [0.5, 0.6) is 11.5 Å². The van der Waals surface area contributed by atoms with E-state index in [-0.39, 0.29) is 12.7 Å². The molecule has 0 N–H and O–H groups in total. The molecule has 4 nitrogen and oxygen atoms in total. The zero-order valence-electron chi connectivity index (χ0n) is 12.4. The molecule has 1 amide bonds. The first-order valence-electron chi connectivity index (χ1n) is 7.09. The van der Waals surface area contributed by atoms with E-state index in [0.717, 1.165) is 22.6 Å². The van der Waals surface area contributed by atoms with Crippen molar-refractivity contribution in [3.05, 3.63) is 65.7 Å². The Labute approximate surface area is 129 Å². The van der Waals surface area contributed by atoms with Gasteiger partial charge < -0.3 is 14.4 Å². The standard InChI is InChI=1S/C18H17NO3/c1-19(18(20)10-8-14-5-3-2-4-6-14)12-15-7-9-16-17(11-15)22-13-21-16/h2-11H,12-13H2,1H3/b10-8+. The predicted octanol–water partition coefficient (Wildman–Crippen LogP) is 3.09. The molecule has 2 aromatic carbocycles. The van der Waals surface area contributed by atoms with Gasteiger partial charge in [0.25, 0.3) is 0 Å². The van der Waals surface area contributed by atoms with Crippen molar-refractivity contribution in [3.63, 3.8) is 0 Å². The zero-order valence-corrected chi connectivity index (χ0v) is 12.4. The summed E-state index contributed by atoms with van der Waals surface area (Å²) in [6.07, 6.45) is 3.40. The third kappa shape index (κ3) is 3.28. The van der Waals surface area contributed by atoms with Gasteiger partial charge in [-0.3, -0.25) is 4.79 Å². The fourth-order valence-electron chi connectivity index (χ4n) is 2.25. The van der Waals surface area contributed by atoms with Crippen LogP contribution < -0.4 is 9.47 Å². The van der Waals surface area contributed by atoms with Crippen LogP contribution in [0.15, 0.2) is 54.6 Å². The second-order valence-electron chi connectivity index (χ2n) is 5.13. The number of carbonyl (C=O) groups is 1. The van der Waals surface area contributed by atoms with Gasteiger partial charge in [0.2, 0.25) is 12.7 Å². The number of hydrogen-bond donors (Lipinski definition) is 0. The van der Waals surface area contributed by atoms with Gasteiger partial charge >= 0.3 is 0 Å². The van der Waals surface area contributed by atoms with Gasteiger partial charge in [-0.05, 0) is 29.3 Å². The third-order valence-corrected chi connectivity index (χ3v) is 3.45. The summed E-state index contributed by atoms with van der Waals surface area (Å²) in [5, 5.41) is 0. The highest BCUT2D eigenvalue weighted by molar-refractivity contribution is 5.91. The number of likely N-dealkylation sites (N-methyl/N-ethyl adjacent to an activating group) is 1. The summed E-state index contributed by atoms with van der Waals surface area (Å²) in [6.45, 7) is 0.780. The van der Waals surface area contributed by atoms with Crippen molar-refractivity contribution in [3.8, 4) is 11.5 Å². The number of rotatable bonds is 4. The molecule has 0 saturated carbocycles. The minimum atomic E-state index is -0.0403. The Kier molecular flexibility index (Phi) is 4.10. The van der Waals surface area contributed by atoms with E-state index in [9.17, 15) is 4.79 Å². The van der Waals surface area contributed by atoms with Crippen molar-refractivity contribution < 1.29 is 14.3 Å². The highest BCUT2D eigenvalue weighted by Gasteiger charge is 2.14. The van der Waals surface area contributed by atoms with Gasteiger partial charge in [0, 0.05) is 19.7 Å². The molecule has 1 heterocycles. The van der Waals surface area contributed by atoms with Crippen molar-refractivity contribution >= 4 is 12.0 Å². The highest BCUT2D eigenvalue weighted by atomic mass is 16.7. The monoisotopic (exact) mass is 295 g/mol. The maximum absolute atomic E-state index is 12.1. The average molecular weight is 295 g/mol. The normalized spacial score (nSPS) is 12.6. The summed E-state index contributed by atoms with van der Waals surface area (Å²) in [7, 11) is 1.78. The molecule has 0 saturated heterocycles. The Morgan fingerprint density at radius 3 is 2.73 bits per heavy atom. The van der Waals surface area contributed by atoms with Gasteiger partial charge in [-0.15, -0.1) is 0 Å². The van der Waals surface area contributed by atoms with Crippen LogP contribution in [0.1, 0.15) is 11.1 Å². The highest BCUT2D eigenvalue weighted by Crippen LogP contribution is 2.32. The van der Waals surface area contributed by atoms with Crippen LogP contribution in [0.3, 0.4) is 0 Å². The molecule has 0 radical (unpaired) electrons. The molecular weight excluding hydrogens is 278 g/mol. The van der Waals surface area contributed by atoms with Crippen LogP contribution >= 0.6 is 0 Å². The van der Waals surface area contributed by atoms with Crippen molar-refractivity contribution in [2.75, 3.05) is 13.8 Å². The van der Waals surface area contributed by atoms with E-state index >= 15 is 0 Å². The largest absolute Gasteiger partial charge is 0.454 e. The number of fused-ring (bicyclic) bond motifs is 1. The zero-order chi connectivity index (χ0) is 15.4. The molecule has 22 heavy (non-hydrogen) atoms. The lowest BCUT2D eigenvalue weighted by molar-refractivity contribution is -0.125. The maximum atomic E-state index is 12.1. The van der Waals surface area contributed by atoms with Crippen molar-refractivity contribution in [1.29, 1.82) is 0 Å². The molecular formula is C18H17NO3. The quantitative estimate of drug-likeness (QED) is 0.814. The van der Waals surface area contributed by atoms with Crippen LogP contribution in [0.2, 0.25) is 0 Å². The second-order valence-corrected chi connectivity index (χ2v) is 5.13. The van der Waals surface area contributed by atoms with Gasteiger partial charge in [0.1, 0.15) is 0 Å². The van der Waals surface area contributed by atoms with E-state index in [1.54, 1.807) is 18.0 Å². The van der Waals surface area contributed by atoms with Crippen LogP contribution in [-0.4, -0.2) is 24.6 Å². The molecule has 0 aliphatic carbocycles. The molecule has 0 spiro atoms. The topological polar surface area (TPSA) is 38.8 Å². The predicted molar refractivity (Wildman–Crippen MR) is 84.5 cm³/mol. The number of nitrogens with zero attached hydrogens (tertiary/aromatic N) is 1. The lowest BCUT2D eigenvalue weighted by atomic mass is 10.2. The second kappa shape index (κ2) is 6.35. The van der Waals surface area contributed by atoms with E-state index in [1.165, 1.54) is 0 Å². The molecule has 0 unspecified atom stereocenters. The van der Waals surface area contributed by atoms with E-state index in [0.29, 0.717) is 6.54 Å². The molecule has 0 bridgehead atoms. The van der Waals surface area contributed by atoms with E-state index in [2.05, 4.69) is 0 Å². The number of carbonyl (C=O) groups excluding carboxylic acids is 1. The fourth-order valence-corrected chi connectivity index (χ4v) is 2.25. The van der Waals surface area contributed by atoms with Crippen LogP contribution in [0.25, 0.3) is 6.08 Å². The van der Waals surface area contributed by atoms with Crippen LogP contribution in [0, 0.1) is 0 Å². The van der Waals surface area contributed by atoms with Crippen LogP contribution in [-0.2, 0) is 11.3 Å². The average Bonchev–Trinajstić information content (AvgIpc) is 3.01. The Morgan fingerprint density at radius 1 is 1.14 bits per heavy atom. The maximum Gasteiger partial charge on any atom is 0.246 e. The molecule has 1 aliphatic rings. The van der Waals surface area contributed by atoms with E-state index in [1.807, 2.05) is 54.6 Å². The number of amides is 1. The Morgan fingerprint density at radius 2 is 1.91 bits per heavy atom. The fraction of sp³-hybridized carbons (Fsp3) is 0.167. The summed E-state index contributed by atoms with van der Waals surface area (Å²) in [4.78, 5) is 13.8. The minimum Gasteiger partial charge on any atom is -0.454 e. The molecule has 4 heteroatoms. The van der Waals surface area contributed by atoms with Gasteiger partial charge in [-0.2, -0.15) is 0 Å². The lowest BCUT2D eigenvalue weighted by Crippen LogP contribution is -2.24. The lowest BCUT2D eigenvalue weighted by Gasteiger charge is -2.15. The smallest absolute Gasteiger partial charge is 0.246 e. The van der Waals surface area contributed by atoms with Gasteiger partial charge in [-0.25, -0.2) is 0 Å². The molecule has 0 aromatic heterocycles. The van der Waals surface area contributed by atoms with E-state index in [4.69, 9.17) is 9.47 Å². The first-order valence-corrected chi connectivity index (χ1v) is 7.09. The SMILES string of the molecule is CN(Cc1ccc2c(c1)OCO2)C(=O)/C=C/c1ccccc1. The molecule has 1 aliphatic heterocycles. The first kappa shape index (κ1) is 14.2. The third-order valence-electron chi connectivity index (χ3n) is 3.45. The minimum absolute atomic E-state index is 0.0403. The molecule has 112 valence electrons. The summed E-state index contributed by atoms with van der Waals surface area (Å²) < 4.78 is 10.6. The van der Waals surface area contributed by atoms with Gasteiger partial charge in [0.15, 0.2) is 11.5 Å². The van der Waals surface area contributed by atoms with Crippen molar-refractivity contribution in [2.45, 2.75) is 6.54 Å². The Bertz CT molecular complexity index is 695. The summed E-state index contributed by atoms with van der Waals surface area (Å²) in [5.41, 5.74) is 2.01. The Hall–Kier alpha value is -2.75. The van der Waals surface area contributed by atoms with Crippen molar-refractivity contribution in [2.24, 2.45) is 0 Å². The van der Waals surface area contributed by atoms with E-state index < -0.39 is 0 Å².